The van der Waals surface area contributed by atoms with Crippen molar-refractivity contribution in [2.24, 2.45) is 0 Å². The molecule has 0 N–H and O–H groups in total. The molecule has 1 saturated heterocycles. The lowest BCUT2D eigenvalue weighted by atomic mass is 10.1. The quantitative estimate of drug-likeness (QED) is 0.359. The monoisotopic (exact) mass is 579 g/mol. The van der Waals surface area contributed by atoms with Gasteiger partial charge in [0.2, 0.25) is 0 Å². The molecule has 0 spiro atoms. The van der Waals surface area contributed by atoms with Gasteiger partial charge in [-0.2, -0.15) is 0 Å². The van der Waals surface area contributed by atoms with Gasteiger partial charge in [0.25, 0.3) is 5.91 Å². The predicted octanol–water partition coefficient (Wildman–Crippen LogP) is 5.95. The highest BCUT2D eigenvalue weighted by molar-refractivity contribution is 14.1. The van der Waals surface area contributed by atoms with Gasteiger partial charge in [-0.15, -0.1) is 0 Å². The van der Waals surface area contributed by atoms with Crippen molar-refractivity contribution in [3.8, 4) is 22.7 Å². The minimum Gasteiger partial charge on any atom is -0.497 e. The number of halogens is 3. The number of nitrogens with zero attached hydrogens (tertiary/aromatic N) is 3. The first kappa shape index (κ1) is 22.7. The van der Waals surface area contributed by atoms with Crippen molar-refractivity contribution in [3.05, 3.63) is 68.1 Å². The van der Waals surface area contributed by atoms with Crippen LogP contribution in [0.4, 0.5) is 4.39 Å². The van der Waals surface area contributed by atoms with E-state index in [1.165, 1.54) is 18.6 Å². The summed E-state index contributed by atoms with van der Waals surface area (Å²) in [5.41, 5.74) is 4.11. The van der Waals surface area contributed by atoms with Crippen LogP contribution in [0.5, 0.6) is 5.75 Å². The lowest BCUT2D eigenvalue weighted by Gasteiger charge is -2.39. The molecule has 172 valence electrons. The Labute approximate surface area is 211 Å². The molecule has 0 saturated carbocycles. The molecular weight excluding hydrogens is 556 g/mol. The van der Waals surface area contributed by atoms with Crippen LogP contribution < -0.4 is 4.74 Å². The number of hydrogen-bond acceptors (Lipinski definition) is 3. The van der Waals surface area contributed by atoms with Gasteiger partial charge in [-0.1, -0.05) is 18.0 Å². The summed E-state index contributed by atoms with van der Waals surface area (Å²) in [7, 11) is 1.63. The largest absolute Gasteiger partial charge is 0.497 e. The van der Waals surface area contributed by atoms with Gasteiger partial charge in [-0.25, -0.2) is 9.40 Å². The average Bonchev–Trinajstić information content (AvgIpc) is 3.12. The Hall–Kier alpha value is -2.10. The van der Waals surface area contributed by atoms with Crippen molar-refractivity contribution in [1.82, 2.24) is 14.6 Å². The number of aromatic nitrogens is 1. The van der Waals surface area contributed by atoms with E-state index in [2.05, 4.69) is 27.6 Å². The molecule has 0 aliphatic carbocycles. The normalized spacial score (nSPS) is 16.7. The van der Waals surface area contributed by atoms with Gasteiger partial charge in [0.05, 0.1) is 32.6 Å². The molecule has 33 heavy (non-hydrogen) atoms. The number of carbonyl (C=O) groups excluding carboxylic acids is 1. The third-order valence-electron chi connectivity index (χ3n) is 6.41. The van der Waals surface area contributed by atoms with E-state index < -0.39 is 5.82 Å². The molecule has 8 heteroatoms. The Morgan fingerprint density at radius 3 is 2.42 bits per heavy atom. The Morgan fingerprint density at radius 2 is 1.76 bits per heavy atom. The number of hydrogen-bond donors (Lipinski definition) is 0. The van der Waals surface area contributed by atoms with E-state index in [4.69, 9.17) is 16.3 Å². The molecule has 3 heterocycles. The standard InChI is InChI=1S/C25H24ClFIN3O2/c1-33-18-8-5-16(6-9-18)24-23(28)22-21(31(24)20-10-7-17(27)15-19(20)26)11-14-30(25(22)32)29-12-3-2-4-13-29/h5-10,15H,2-4,11-14H2,1H3. The summed E-state index contributed by atoms with van der Waals surface area (Å²) in [5.74, 6) is 0.385. The zero-order valence-corrected chi connectivity index (χ0v) is 21.2. The molecule has 3 aromatic rings. The van der Waals surface area contributed by atoms with Crippen molar-refractivity contribution in [1.29, 1.82) is 0 Å². The summed E-state index contributed by atoms with van der Waals surface area (Å²) < 4.78 is 22.1. The predicted molar refractivity (Wildman–Crippen MR) is 136 cm³/mol. The van der Waals surface area contributed by atoms with Crippen molar-refractivity contribution in [3.63, 3.8) is 0 Å². The van der Waals surface area contributed by atoms with E-state index in [1.54, 1.807) is 13.2 Å². The van der Waals surface area contributed by atoms with E-state index in [-0.39, 0.29) is 5.91 Å². The van der Waals surface area contributed by atoms with Gasteiger partial charge in [0.15, 0.2) is 0 Å². The van der Waals surface area contributed by atoms with Crippen molar-refractivity contribution in [2.45, 2.75) is 25.7 Å². The van der Waals surface area contributed by atoms with Gasteiger partial charge < -0.3 is 9.30 Å². The summed E-state index contributed by atoms with van der Waals surface area (Å²) in [6.45, 7) is 2.44. The topological polar surface area (TPSA) is 37.7 Å². The summed E-state index contributed by atoms with van der Waals surface area (Å²) in [4.78, 5) is 13.8. The molecule has 0 unspecified atom stereocenters. The number of amides is 1. The summed E-state index contributed by atoms with van der Waals surface area (Å²) >= 11 is 8.79. The molecule has 2 aromatic carbocycles. The van der Waals surface area contributed by atoms with Gasteiger partial charge in [0, 0.05) is 31.7 Å². The van der Waals surface area contributed by atoms with E-state index >= 15 is 0 Å². The van der Waals surface area contributed by atoms with Gasteiger partial charge in [-0.05, 0) is 83.5 Å². The summed E-state index contributed by atoms with van der Waals surface area (Å²) in [5, 5.41) is 4.42. The number of ether oxygens (including phenoxy) is 1. The first-order chi connectivity index (χ1) is 16.0. The molecule has 1 fully saturated rings. The lowest BCUT2D eigenvalue weighted by Crippen LogP contribution is -2.51. The van der Waals surface area contributed by atoms with E-state index in [0.717, 1.165) is 52.2 Å². The first-order valence-electron chi connectivity index (χ1n) is 11.1. The Kier molecular flexibility index (Phi) is 6.37. The highest BCUT2D eigenvalue weighted by Gasteiger charge is 2.36. The molecule has 2 aliphatic heterocycles. The third-order valence-corrected chi connectivity index (χ3v) is 7.76. The van der Waals surface area contributed by atoms with Crippen LogP contribution in [0.1, 0.15) is 35.3 Å². The zero-order chi connectivity index (χ0) is 23.1. The first-order valence-corrected chi connectivity index (χ1v) is 12.5. The highest BCUT2D eigenvalue weighted by atomic mass is 127. The van der Waals surface area contributed by atoms with Crippen LogP contribution in [0.2, 0.25) is 5.02 Å². The molecule has 0 atom stereocenters. The SMILES string of the molecule is COc1ccc(-c2c(I)c3c(n2-c2ccc(F)cc2Cl)CCN(N2CCCCC2)C3=O)cc1. The lowest BCUT2D eigenvalue weighted by molar-refractivity contribution is -0.0238. The Morgan fingerprint density at radius 1 is 1.03 bits per heavy atom. The van der Waals surface area contributed by atoms with Crippen LogP contribution in [-0.4, -0.2) is 47.2 Å². The van der Waals surface area contributed by atoms with Crippen molar-refractivity contribution < 1.29 is 13.9 Å². The summed E-state index contributed by atoms with van der Waals surface area (Å²) in [6, 6.07) is 12.2. The van der Waals surface area contributed by atoms with Crippen molar-refractivity contribution in [2.75, 3.05) is 26.7 Å². The molecule has 5 nitrogen and oxygen atoms in total. The molecule has 1 aromatic heterocycles. The molecular formula is C25H24ClFIN3O2. The van der Waals surface area contributed by atoms with Gasteiger partial charge in [0.1, 0.15) is 11.6 Å². The number of methoxy groups -OCH3 is 1. The second kappa shape index (κ2) is 9.27. The van der Waals surface area contributed by atoms with E-state index in [9.17, 15) is 9.18 Å². The number of carbonyl (C=O) groups is 1. The number of fused-ring (bicyclic) bond motifs is 1. The highest BCUT2D eigenvalue weighted by Crippen LogP contribution is 2.40. The maximum Gasteiger partial charge on any atom is 0.271 e. The maximum absolute atomic E-state index is 13.9. The maximum atomic E-state index is 13.9. The minimum atomic E-state index is -0.391. The van der Waals surface area contributed by atoms with E-state index in [0.29, 0.717) is 29.2 Å². The van der Waals surface area contributed by atoms with Gasteiger partial charge >= 0.3 is 0 Å². The van der Waals surface area contributed by atoms with Crippen molar-refractivity contribution >= 4 is 40.1 Å². The summed E-state index contributed by atoms with van der Waals surface area (Å²) in [6.07, 6.45) is 4.12. The molecule has 2 aliphatic rings. The number of hydrazine groups is 1. The number of benzene rings is 2. The minimum absolute atomic E-state index is 0.0225. The molecule has 1 amide bonds. The van der Waals surface area contributed by atoms with Crippen LogP contribution >= 0.6 is 34.2 Å². The van der Waals surface area contributed by atoms with Crippen LogP contribution in [0.3, 0.4) is 0 Å². The van der Waals surface area contributed by atoms with Crippen LogP contribution in [0.25, 0.3) is 16.9 Å². The van der Waals surface area contributed by atoms with Crippen LogP contribution in [0.15, 0.2) is 42.5 Å². The fraction of sp³-hybridized carbons (Fsp3) is 0.320. The third kappa shape index (κ3) is 4.04. The molecule has 0 radical (unpaired) electrons. The van der Waals surface area contributed by atoms with Gasteiger partial charge in [-0.3, -0.25) is 9.80 Å². The number of piperidine rings is 1. The second-order valence-corrected chi connectivity index (χ2v) is 9.82. The fourth-order valence-electron chi connectivity index (χ4n) is 4.81. The van der Waals surface area contributed by atoms with E-state index in [1.807, 2.05) is 33.8 Å². The second-order valence-electron chi connectivity index (χ2n) is 8.34. The fourth-order valence-corrected chi connectivity index (χ4v) is 6.15. The number of rotatable bonds is 4. The van der Waals surface area contributed by atoms with Crippen LogP contribution in [-0.2, 0) is 6.42 Å². The zero-order valence-electron chi connectivity index (χ0n) is 18.3. The molecule has 5 rings (SSSR count). The smallest absolute Gasteiger partial charge is 0.271 e. The Balaban J connectivity index is 1.69. The van der Waals surface area contributed by atoms with Crippen LogP contribution in [0, 0.1) is 9.39 Å². The Bertz CT molecular complexity index is 1210. The average molecular weight is 580 g/mol. The molecule has 0 bridgehead atoms.